The number of hydrogen-bond donors (Lipinski definition) is 2. The number of carbonyl (C=O) groups excluding carboxylic acids is 1. The molecule has 0 aliphatic carbocycles. The average molecular weight is 196 g/mol. The fraction of sp³-hybridized carbons (Fsp3) is 0.667. The lowest BCUT2D eigenvalue weighted by atomic mass is 10.2. The lowest BCUT2D eigenvalue weighted by Crippen LogP contribution is -2.50. The average Bonchev–Trinajstić information content (AvgIpc) is 2.31. The van der Waals surface area contributed by atoms with Gasteiger partial charge in [-0.1, -0.05) is 6.08 Å². The lowest BCUT2D eigenvalue weighted by molar-refractivity contribution is -0.134. The van der Waals surface area contributed by atoms with Crippen molar-refractivity contribution in [3.8, 4) is 0 Å². The SMILES string of the molecule is CN1C(=O)C(N)C2NCCC/C=C\N21. The molecule has 2 aliphatic heterocycles. The van der Waals surface area contributed by atoms with Gasteiger partial charge in [-0.3, -0.25) is 20.1 Å². The quantitative estimate of drug-likeness (QED) is 0.534. The van der Waals surface area contributed by atoms with Gasteiger partial charge in [0.1, 0.15) is 12.2 Å². The number of nitrogens with one attached hydrogen (secondary N) is 1. The fourth-order valence-electron chi connectivity index (χ4n) is 1.88. The van der Waals surface area contributed by atoms with Crippen LogP contribution in [0.2, 0.25) is 0 Å². The molecular weight excluding hydrogens is 180 g/mol. The van der Waals surface area contributed by atoms with E-state index in [0.717, 1.165) is 19.4 Å². The van der Waals surface area contributed by atoms with Gasteiger partial charge in [-0.05, 0) is 19.4 Å². The highest BCUT2D eigenvalue weighted by Crippen LogP contribution is 2.17. The molecule has 1 fully saturated rings. The highest BCUT2D eigenvalue weighted by atomic mass is 16.2. The second-order valence-corrected chi connectivity index (χ2v) is 3.69. The molecule has 0 bridgehead atoms. The maximum atomic E-state index is 11.6. The first-order chi connectivity index (χ1) is 6.72. The number of hydrazine groups is 1. The smallest absolute Gasteiger partial charge is 0.261 e. The maximum absolute atomic E-state index is 11.6. The van der Waals surface area contributed by atoms with Crippen molar-refractivity contribution in [1.82, 2.24) is 15.3 Å². The Morgan fingerprint density at radius 3 is 3.21 bits per heavy atom. The molecule has 2 unspecified atom stereocenters. The van der Waals surface area contributed by atoms with Gasteiger partial charge in [-0.25, -0.2) is 0 Å². The van der Waals surface area contributed by atoms with Crippen LogP contribution in [-0.2, 0) is 4.79 Å². The summed E-state index contributed by atoms with van der Waals surface area (Å²) in [6.07, 6.45) is 6.06. The predicted molar refractivity (Wildman–Crippen MR) is 52.7 cm³/mol. The zero-order chi connectivity index (χ0) is 10.1. The van der Waals surface area contributed by atoms with Crippen LogP contribution in [0.15, 0.2) is 12.3 Å². The van der Waals surface area contributed by atoms with Crippen molar-refractivity contribution in [2.24, 2.45) is 5.73 Å². The number of likely N-dealkylation sites (N-methyl/N-ethyl adjacent to an activating group) is 1. The van der Waals surface area contributed by atoms with Crippen LogP contribution in [0.5, 0.6) is 0 Å². The Kier molecular flexibility index (Phi) is 2.43. The highest BCUT2D eigenvalue weighted by Gasteiger charge is 2.41. The van der Waals surface area contributed by atoms with Crippen molar-refractivity contribution in [2.45, 2.75) is 25.0 Å². The number of allylic oxidation sites excluding steroid dienone is 1. The van der Waals surface area contributed by atoms with Crippen LogP contribution in [0.3, 0.4) is 0 Å². The van der Waals surface area contributed by atoms with E-state index in [4.69, 9.17) is 5.73 Å². The summed E-state index contributed by atoms with van der Waals surface area (Å²) in [5, 5.41) is 6.72. The third kappa shape index (κ3) is 1.38. The van der Waals surface area contributed by atoms with Crippen LogP contribution in [0.25, 0.3) is 0 Å². The summed E-state index contributed by atoms with van der Waals surface area (Å²) in [5.74, 6) is -0.0333. The summed E-state index contributed by atoms with van der Waals surface area (Å²) < 4.78 is 0. The summed E-state index contributed by atoms with van der Waals surface area (Å²) >= 11 is 0. The van der Waals surface area contributed by atoms with Crippen molar-refractivity contribution in [1.29, 1.82) is 0 Å². The van der Waals surface area contributed by atoms with Crippen LogP contribution < -0.4 is 11.1 Å². The summed E-state index contributed by atoms with van der Waals surface area (Å²) in [6, 6.07) is -0.456. The monoisotopic (exact) mass is 196 g/mol. The number of hydrogen-bond acceptors (Lipinski definition) is 4. The molecule has 5 heteroatoms. The minimum atomic E-state index is -0.456. The Morgan fingerprint density at radius 1 is 1.64 bits per heavy atom. The molecule has 0 spiro atoms. The van der Waals surface area contributed by atoms with E-state index in [9.17, 15) is 4.79 Å². The first-order valence-electron chi connectivity index (χ1n) is 4.93. The number of fused-ring (bicyclic) bond motifs is 1. The Balaban J connectivity index is 2.22. The molecule has 78 valence electrons. The van der Waals surface area contributed by atoms with E-state index in [1.807, 2.05) is 11.2 Å². The van der Waals surface area contributed by atoms with Crippen molar-refractivity contribution in [2.75, 3.05) is 13.6 Å². The van der Waals surface area contributed by atoms with Crippen molar-refractivity contribution in [3.05, 3.63) is 12.3 Å². The van der Waals surface area contributed by atoms with E-state index in [2.05, 4.69) is 11.4 Å². The standard InChI is InChI=1S/C9H16N4O/c1-12-9(14)7(10)8-11-5-3-2-4-6-13(8)12/h4,6-8,11H,2-3,5,10H2,1H3/b6-4-. The van der Waals surface area contributed by atoms with E-state index < -0.39 is 6.04 Å². The van der Waals surface area contributed by atoms with E-state index in [0.29, 0.717) is 0 Å². The zero-order valence-electron chi connectivity index (χ0n) is 8.31. The molecule has 1 saturated heterocycles. The molecule has 0 aromatic rings. The van der Waals surface area contributed by atoms with Gasteiger partial charge in [0.15, 0.2) is 0 Å². The second-order valence-electron chi connectivity index (χ2n) is 3.69. The summed E-state index contributed by atoms with van der Waals surface area (Å²) in [4.78, 5) is 11.6. The summed E-state index contributed by atoms with van der Waals surface area (Å²) in [7, 11) is 1.75. The van der Waals surface area contributed by atoms with Gasteiger partial charge >= 0.3 is 0 Å². The van der Waals surface area contributed by atoms with Gasteiger partial charge in [0.25, 0.3) is 5.91 Å². The minimum Gasteiger partial charge on any atom is -0.317 e. The Hall–Kier alpha value is -1.07. The molecule has 2 atom stereocenters. The summed E-state index contributed by atoms with van der Waals surface area (Å²) in [6.45, 7) is 0.903. The van der Waals surface area contributed by atoms with Crippen molar-refractivity contribution < 1.29 is 4.79 Å². The molecule has 1 amide bonds. The van der Waals surface area contributed by atoms with Gasteiger partial charge in [-0.2, -0.15) is 0 Å². The number of carbonyl (C=O) groups is 1. The molecule has 2 rings (SSSR count). The van der Waals surface area contributed by atoms with E-state index in [1.54, 1.807) is 12.1 Å². The molecule has 2 aliphatic rings. The first kappa shape index (κ1) is 9.48. The fourth-order valence-corrected chi connectivity index (χ4v) is 1.88. The van der Waals surface area contributed by atoms with Gasteiger partial charge in [0, 0.05) is 13.2 Å². The van der Waals surface area contributed by atoms with Gasteiger partial charge in [0.2, 0.25) is 0 Å². The van der Waals surface area contributed by atoms with Crippen LogP contribution in [0, 0.1) is 0 Å². The zero-order valence-corrected chi connectivity index (χ0v) is 8.31. The Bertz CT molecular complexity index is 266. The first-order valence-corrected chi connectivity index (χ1v) is 4.93. The largest absolute Gasteiger partial charge is 0.317 e. The number of rotatable bonds is 0. The Morgan fingerprint density at radius 2 is 2.43 bits per heavy atom. The van der Waals surface area contributed by atoms with Crippen LogP contribution in [-0.4, -0.2) is 41.7 Å². The molecule has 3 N–H and O–H groups in total. The third-order valence-corrected chi connectivity index (χ3v) is 2.73. The minimum absolute atomic E-state index is 0.0333. The number of nitrogens with zero attached hydrogens (tertiary/aromatic N) is 2. The predicted octanol–water partition coefficient (Wildman–Crippen LogP) is -0.774. The third-order valence-electron chi connectivity index (χ3n) is 2.73. The van der Waals surface area contributed by atoms with E-state index >= 15 is 0 Å². The molecule has 5 nitrogen and oxygen atoms in total. The highest BCUT2D eigenvalue weighted by molar-refractivity contribution is 5.84. The topological polar surface area (TPSA) is 61.6 Å². The molecule has 14 heavy (non-hydrogen) atoms. The molecule has 0 radical (unpaired) electrons. The van der Waals surface area contributed by atoms with Gasteiger partial charge < -0.3 is 5.73 Å². The molecule has 0 saturated carbocycles. The van der Waals surface area contributed by atoms with Crippen LogP contribution in [0.1, 0.15) is 12.8 Å². The summed E-state index contributed by atoms with van der Waals surface area (Å²) in [5.41, 5.74) is 5.81. The number of nitrogens with two attached hydrogens (primary N) is 1. The lowest BCUT2D eigenvalue weighted by Gasteiger charge is -2.30. The second kappa shape index (κ2) is 3.59. The van der Waals surface area contributed by atoms with Crippen molar-refractivity contribution >= 4 is 5.91 Å². The van der Waals surface area contributed by atoms with Gasteiger partial charge in [-0.15, -0.1) is 0 Å². The van der Waals surface area contributed by atoms with E-state index in [-0.39, 0.29) is 12.1 Å². The van der Waals surface area contributed by atoms with Gasteiger partial charge in [0.05, 0.1) is 0 Å². The van der Waals surface area contributed by atoms with Crippen LogP contribution >= 0.6 is 0 Å². The van der Waals surface area contributed by atoms with Crippen molar-refractivity contribution in [3.63, 3.8) is 0 Å². The molecule has 0 aromatic heterocycles. The molecule has 0 aromatic carbocycles. The van der Waals surface area contributed by atoms with E-state index in [1.165, 1.54) is 0 Å². The maximum Gasteiger partial charge on any atom is 0.261 e. The normalized spacial score (nSPS) is 35.1. The molecular formula is C9H16N4O. The number of amides is 1. The van der Waals surface area contributed by atoms with Crippen LogP contribution in [0.4, 0.5) is 0 Å². The molecule has 2 heterocycles. The Labute approximate surface area is 83.5 Å².